The molecule has 2 fully saturated rings. The van der Waals surface area contributed by atoms with Gasteiger partial charge in [-0.2, -0.15) is 0 Å². The number of hydrogen-bond donors (Lipinski definition) is 1. The summed E-state index contributed by atoms with van der Waals surface area (Å²) >= 11 is 0. The molecule has 1 saturated carbocycles. The molecule has 2 aliphatic carbocycles. The van der Waals surface area contributed by atoms with E-state index < -0.39 is 8.24 Å². The molecule has 1 heterocycles. The van der Waals surface area contributed by atoms with Crippen molar-refractivity contribution in [1.82, 2.24) is 9.88 Å². The first-order valence-corrected chi connectivity index (χ1v) is 14.2. The molecule has 4 atom stereocenters. The molecule has 26 heavy (non-hydrogen) atoms. The molecule has 3 heteroatoms. The van der Waals surface area contributed by atoms with Crippen LogP contribution >= 0.6 is 0 Å². The quantitative estimate of drug-likeness (QED) is 0.656. The molecular weight excluding hydrogens is 332 g/mol. The number of piperazine rings is 1. The number of nitrogens with zero attached hydrogens (tertiary/aromatic N) is 1. The zero-order chi connectivity index (χ0) is 19.1. The third-order valence-electron chi connectivity index (χ3n) is 7.74. The third-order valence-corrected chi connectivity index (χ3v) is 12.3. The van der Waals surface area contributed by atoms with Crippen molar-refractivity contribution >= 4 is 8.24 Å². The molecule has 3 rings (SSSR count). The molecule has 1 aliphatic heterocycles. The Morgan fingerprint density at radius 3 is 2.31 bits per heavy atom. The van der Waals surface area contributed by atoms with Gasteiger partial charge < -0.3 is 9.88 Å². The van der Waals surface area contributed by atoms with Gasteiger partial charge in [0.25, 0.3) is 0 Å². The van der Waals surface area contributed by atoms with Crippen LogP contribution in [0.2, 0.25) is 18.6 Å². The maximum atomic E-state index is 3.56. The van der Waals surface area contributed by atoms with Crippen LogP contribution in [0.5, 0.6) is 0 Å². The highest BCUT2D eigenvalue weighted by atomic mass is 28.3. The first-order chi connectivity index (χ1) is 12.3. The van der Waals surface area contributed by atoms with Crippen molar-refractivity contribution < 1.29 is 0 Å². The summed E-state index contributed by atoms with van der Waals surface area (Å²) in [6, 6.07) is 0. The predicted octanol–water partition coefficient (Wildman–Crippen LogP) is 5.31. The van der Waals surface area contributed by atoms with E-state index in [1.807, 2.05) is 0 Å². The van der Waals surface area contributed by atoms with Crippen molar-refractivity contribution in [2.24, 2.45) is 29.6 Å². The Labute approximate surface area is 163 Å². The summed E-state index contributed by atoms with van der Waals surface area (Å²) in [6.45, 7) is 22.3. The number of rotatable bonds is 5. The van der Waals surface area contributed by atoms with E-state index in [1.165, 1.54) is 39.0 Å². The van der Waals surface area contributed by atoms with Crippen LogP contribution in [0.25, 0.3) is 0 Å². The molecule has 2 nitrogen and oxygen atoms in total. The fourth-order valence-corrected chi connectivity index (χ4v) is 10.0. The standard InChI is InChI=1S/C23H42N2Si/c1-8-18-15-22(26(6,7)25-11-9-24-10-12-25)21-14-19(16(2)3)13-20(17(4)5)23(18)21/h13-14,16-18,21-24H,8-12,15H2,1-7H3/t18-,21?,22?,23?/m0/s1. The molecular formula is C23H42N2Si. The molecule has 0 aromatic rings. The minimum absolute atomic E-state index is 0.648. The Bertz CT molecular complexity index is 555. The summed E-state index contributed by atoms with van der Waals surface area (Å²) < 4.78 is 2.92. The first kappa shape index (κ1) is 20.4. The molecule has 3 aliphatic rings. The van der Waals surface area contributed by atoms with E-state index in [-0.39, 0.29) is 0 Å². The van der Waals surface area contributed by atoms with Gasteiger partial charge in [-0.15, -0.1) is 0 Å². The SMILES string of the molecule is CC[C@H]1CC([Si](C)(C)N2CCNCC2)C2C=C(C(C)C)C=C(C(C)C)C21. The van der Waals surface area contributed by atoms with Crippen molar-refractivity contribution in [3.05, 3.63) is 23.3 Å². The van der Waals surface area contributed by atoms with Gasteiger partial charge in [-0.3, -0.25) is 0 Å². The highest BCUT2D eigenvalue weighted by Crippen LogP contribution is 2.58. The number of fused-ring (bicyclic) bond motifs is 1. The lowest BCUT2D eigenvalue weighted by atomic mass is 9.72. The van der Waals surface area contributed by atoms with Crippen molar-refractivity contribution in [1.29, 1.82) is 0 Å². The number of nitrogens with one attached hydrogen (secondary N) is 1. The average molecular weight is 375 g/mol. The molecule has 1 N–H and O–H groups in total. The van der Waals surface area contributed by atoms with Gasteiger partial charge in [-0.05, 0) is 47.1 Å². The van der Waals surface area contributed by atoms with E-state index in [4.69, 9.17) is 0 Å². The van der Waals surface area contributed by atoms with Crippen molar-refractivity contribution in [2.45, 2.75) is 66.1 Å². The van der Waals surface area contributed by atoms with Gasteiger partial charge in [0.2, 0.25) is 0 Å². The minimum Gasteiger partial charge on any atom is -0.321 e. The van der Waals surface area contributed by atoms with Gasteiger partial charge in [0.15, 0.2) is 0 Å². The highest BCUT2D eigenvalue weighted by Gasteiger charge is 2.52. The lowest BCUT2D eigenvalue weighted by Crippen LogP contribution is -2.59. The van der Waals surface area contributed by atoms with Crippen LogP contribution in [0.1, 0.15) is 47.5 Å². The van der Waals surface area contributed by atoms with Gasteiger partial charge in [-0.1, -0.05) is 71.9 Å². The first-order valence-electron chi connectivity index (χ1n) is 11.2. The zero-order valence-electron chi connectivity index (χ0n) is 18.3. The van der Waals surface area contributed by atoms with E-state index in [0.717, 1.165) is 23.3 Å². The minimum atomic E-state index is -1.44. The molecule has 0 aromatic heterocycles. The largest absolute Gasteiger partial charge is 0.321 e. The molecule has 0 amide bonds. The van der Waals surface area contributed by atoms with Crippen LogP contribution in [-0.4, -0.2) is 39.0 Å². The molecule has 0 radical (unpaired) electrons. The van der Waals surface area contributed by atoms with E-state index in [2.05, 4.69) is 69.7 Å². The summed E-state index contributed by atoms with van der Waals surface area (Å²) in [5.41, 5.74) is 4.29. The molecule has 1 saturated heterocycles. The lowest BCUT2D eigenvalue weighted by molar-refractivity contribution is 0.341. The van der Waals surface area contributed by atoms with Gasteiger partial charge in [0, 0.05) is 26.2 Å². The monoisotopic (exact) mass is 374 g/mol. The van der Waals surface area contributed by atoms with Crippen LogP contribution in [0.3, 0.4) is 0 Å². The highest BCUT2D eigenvalue weighted by molar-refractivity contribution is 6.76. The summed E-state index contributed by atoms with van der Waals surface area (Å²) in [5, 5.41) is 3.56. The summed E-state index contributed by atoms with van der Waals surface area (Å²) in [6.07, 6.45) is 8.14. The van der Waals surface area contributed by atoms with E-state index in [1.54, 1.807) is 11.1 Å². The Morgan fingerprint density at radius 2 is 1.77 bits per heavy atom. The van der Waals surface area contributed by atoms with Crippen molar-refractivity contribution in [2.75, 3.05) is 26.2 Å². The topological polar surface area (TPSA) is 15.3 Å². The fourth-order valence-electron chi connectivity index (χ4n) is 6.03. The fraction of sp³-hybridized carbons (Fsp3) is 0.826. The summed E-state index contributed by atoms with van der Waals surface area (Å²) in [4.78, 5) is 0. The Morgan fingerprint density at radius 1 is 1.12 bits per heavy atom. The summed E-state index contributed by atoms with van der Waals surface area (Å²) in [7, 11) is -1.44. The third kappa shape index (κ3) is 3.64. The van der Waals surface area contributed by atoms with Crippen molar-refractivity contribution in [3.8, 4) is 0 Å². The van der Waals surface area contributed by atoms with E-state index in [0.29, 0.717) is 11.8 Å². The molecule has 0 aromatic carbocycles. The second-order valence-electron chi connectivity index (χ2n) is 10.1. The maximum Gasteiger partial charge on any atom is 0.126 e. The molecule has 148 valence electrons. The number of hydrogen-bond acceptors (Lipinski definition) is 2. The van der Waals surface area contributed by atoms with Gasteiger partial charge in [0.1, 0.15) is 8.24 Å². The average Bonchev–Trinajstić information content (AvgIpc) is 3.01. The van der Waals surface area contributed by atoms with E-state index in [9.17, 15) is 0 Å². The lowest BCUT2D eigenvalue weighted by Gasteiger charge is -2.46. The maximum absolute atomic E-state index is 3.56. The normalized spacial score (nSPS) is 33.4. The summed E-state index contributed by atoms with van der Waals surface area (Å²) in [5.74, 6) is 3.81. The second kappa shape index (κ2) is 7.93. The van der Waals surface area contributed by atoms with Crippen LogP contribution in [-0.2, 0) is 0 Å². The zero-order valence-corrected chi connectivity index (χ0v) is 19.3. The van der Waals surface area contributed by atoms with Gasteiger partial charge in [0.05, 0.1) is 0 Å². The second-order valence-corrected chi connectivity index (χ2v) is 14.8. The predicted molar refractivity (Wildman–Crippen MR) is 117 cm³/mol. The molecule has 0 spiro atoms. The van der Waals surface area contributed by atoms with Crippen LogP contribution in [0.15, 0.2) is 23.3 Å². The van der Waals surface area contributed by atoms with Crippen LogP contribution in [0.4, 0.5) is 0 Å². The van der Waals surface area contributed by atoms with Crippen LogP contribution in [0, 0.1) is 29.6 Å². The smallest absolute Gasteiger partial charge is 0.126 e. The molecule has 3 unspecified atom stereocenters. The van der Waals surface area contributed by atoms with Gasteiger partial charge in [-0.25, -0.2) is 0 Å². The Balaban J connectivity index is 1.97. The van der Waals surface area contributed by atoms with Crippen molar-refractivity contribution in [3.63, 3.8) is 0 Å². The Kier molecular flexibility index (Phi) is 6.21. The number of allylic oxidation sites excluding steroid dienone is 4. The van der Waals surface area contributed by atoms with E-state index >= 15 is 0 Å². The van der Waals surface area contributed by atoms with Crippen LogP contribution < -0.4 is 5.32 Å². The molecule has 0 bridgehead atoms. The Hall–Kier alpha value is -0.383. The van der Waals surface area contributed by atoms with Gasteiger partial charge >= 0.3 is 0 Å².